The van der Waals surface area contributed by atoms with E-state index in [9.17, 15) is 0 Å². The minimum atomic E-state index is -0.0277. The Balaban J connectivity index is 1.27. The average molecular weight is 806 g/mol. The Morgan fingerprint density at radius 2 is 1.07 bits per heavy atom. The van der Waals surface area contributed by atoms with Gasteiger partial charge < -0.3 is 14.7 Å². The molecule has 4 aliphatic rings. The van der Waals surface area contributed by atoms with E-state index in [1.165, 1.54) is 99.5 Å². The highest BCUT2D eigenvalue weighted by Gasteiger charge is 2.50. The van der Waals surface area contributed by atoms with Crippen LogP contribution in [0.2, 0.25) is 0 Å². The lowest BCUT2D eigenvalue weighted by Gasteiger charge is -2.49. The summed E-state index contributed by atoms with van der Waals surface area (Å²) in [5.74, 6) is 0.406. The number of aryl methyl sites for hydroxylation is 1. The molecule has 10 rings (SSSR count). The van der Waals surface area contributed by atoms with E-state index >= 15 is 0 Å². The van der Waals surface area contributed by atoms with Gasteiger partial charge in [0, 0.05) is 60.8 Å². The van der Waals surface area contributed by atoms with Crippen molar-refractivity contribution in [3.63, 3.8) is 0 Å². The third kappa shape index (κ3) is 5.85. The van der Waals surface area contributed by atoms with Gasteiger partial charge in [0.25, 0.3) is 6.71 Å². The Morgan fingerprint density at radius 1 is 0.550 bits per heavy atom. The maximum absolute atomic E-state index is 2.64. The summed E-state index contributed by atoms with van der Waals surface area (Å²) in [6.07, 6.45) is 1.07. The monoisotopic (exact) mass is 805 g/mol. The molecule has 60 heavy (non-hydrogen) atoms. The number of rotatable bonds is 3. The zero-order valence-electron chi connectivity index (χ0n) is 38.0. The molecule has 0 saturated heterocycles. The van der Waals surface area contributed by atoms with Crippen molar-refractivity contribution in [2.45, 2.75) is 134 Å². The lowest BCUT2D eigenvalue weighted by molar-refractivity contribution is 0.408. The molecule has 0 amide bonds. The average Bonchev–Trinajstić information content (AvgIpc) is 3.16. The molecule has 4 aliphatic heterocycles. The van der Waals surface area contributed by atoms with Crippen molar-refractivity contribution in [3.05, 3.63) is 137 Å². The Bertz CT molecular complexity index is 2730. The topological polar surface area (TPSA) is 9.72 Å². The first-order chi connectivity index (χ1) is 28.2. The summed E-state index contributed by atoms with van der Waals surface area (Å²) < 4.78 is 0. The molecule has 1 atom stereocenters. The lowest BCUT2D eigenvalue weighted by atomic mass is 9.32. The molecular weight excluding hydrogens is 746 g/mol. The van der Waals surface area contributed by atoms with Gasteiger partial charge in [-0.1, -0.05) is 123 Å². The van der Waals surface area contributed by atoms with Gasteiger partial charge in [0.2, 0.25) is 0 Å². The molecule has 0 bridgehead atoms. The van der Waals surface area contributed by atoms with Crippen molar-refractivity contribution < 1.29 is 0 Å². The van der Waals surface area contributed by atoms with E-state index in [1.807, 2.05) is 11.8 Å². The SMILES string of the molecule is Cc1cc2c3c(c1)N(c1ccc4c(c1)C(C)CC(C)(C)N4c1ccccc1)c1ccc(C(C)(C)C)c4c1B3c1c(ccc(C(C)(C)C)c1S4)N2c1ccc(C(C)(C)C)cc1. The van der Waals surface area contributed by atoms with Crippen LogP contribution in [0, 0.1) is 6.92 Å². The molecule has 5 heteroatoms. The standard InChI is InChI=1S/C55H60BN3S/c1-33-29-45-47-46(30-33)58(38-23-26-42-39(31-38)34(2)32-55(12,13)59(42)37-17-15-14-16-18-37)44-28-25-41(54(9,10)11)51-49(44)56(47)48-43(27-24-40(50(48)60-51)53(6,7)8)57(45)36-21-19-35(20-22-36)52(3,4)5/h14-31,34H,32H2,1-13H3. The normalized spacial score (nSPS) is 17.4. The minimum Gasteiger partial charge on any atom is -0.336 e. The second-order valence-electron chi connectivity index (χ2n) is 21.8. The number of para-hydroxylation sites is 1. The van der Waals surface area contributed by atoms with E-state index < -0.39 is 0 Å². The van der Waals surface area contributed by atoms with Crippen LogP contribution in [0.1, 0.15) is 123 Å². The molecule has 0 fully saturated rings. The summed E-state index contributed by atoms with van der Waals surface area (Å²) in [7, 11) is 0. The zero-order valence-corrected chi connectivity index (χ0v) is 38.8. The fourth-order valence-electron chi connectivity index (χ4n) is 11.0. The Hall–Kier alpha value is -4.87. The van der Waals surface area contributed by atoms with E-state index in [-0.39, 0.29) is 28.5 Å². The van der Waals surface area contributed by atoms with Crippen LogP contribution in [0.5, 0.6) is 0 Å². The number of hydrogen-bond acceptors (Lipinski definition) is 4. The summed E-state index contributed by atoms with van der Waals surface area (Å²) in [6, 6.07) is 42.5. The summed E-state index contributed by atoms with van der Waals surface area (Å²) in [4.78, 5) is 10.7. The smallest absolute Gasteiger partial charge is 0.255 e. The van der Waals surface area contributed by atoms with Crippen molar-refractivity contribution >= 4 is 80.4 Å². The highest BCUT2D eigenvalue weighted by molar-refractivity contribution is 8.00. The maximum Gasteiger partial charge on any atom is 0.255 e. The number of fused-ring (bicyclic) bond motifs is 1. The van der Waals surface area contributed by atoms with Gasteiger partial charge in [0.05, 0.1) is 0 Å². The summed E-state index contributed by atoms with van der Waals surface area (Å²) >= 11 is 2.04. The third-order valence-corrected chi connectivity index (χ3v) is 15.0. The van der Waals surface area contributed by atoms with Crippen molar-refractivity contribution in [3.8, 4) is 0 Å². The largest absolute Gasteiger partial charge is 0.336 e. The van der Waals surface area contributed by atoms with Crippen LogP contribution in [0.4, 0.5) is 45.5 Å². The Labute approximate surface area is 364 Å². The third-order valence-electron chi connectivity index (χ3n) is 13.7. The molecule has 3 nitrogen and oxygen atoms in total. The van der Waals surface area contributed by atoms with E-state index in [1.54, 1.807) is 0 Å². The van der Waals surface area contributed by atoms with Crippen LogP contribution in [-0.2, 0) is 16.2 Å². The predicted molar refractivity (Wildman–Crippen MR) is 261 cm³/mol. The summed E-state index contributed by atoms with van der Waals surface area (Å²) in [6.45, 7) is 30.9. The van der Waals surface area contributed by atoms with Gasteiger partial charge in [0.15, 0.2) is 0 Å². The molecule has 0 aliphatic carbocycles. The van der Waals surface area contributed by atoms with Crippen LogP contribution in [0.15, 0.2) is 119 Å². The van der Waals surface area contributed by atoms with E-state index in [0.29, 0.717) is 5.92 Å². The van der Waals surface area contributed by atoms with Gasteiger partial charge in [-0.2, -0.15) is 0 Å². The first-order valence-corrected chi connectivity index (χ1v) is 22.9. The first-order valence-electron chi connectivity index (χ1n) is 22.1. The van der Waals surface area contributed by atoms with Crippen LogP contribution in [-0.4, -0.2) is 12.3 Å². The van der Waals surface area contributed by atoms with Crippen LogP contribution in [0.3, 0.4) is 0 Å². The molecule has 0 aromatic heterocycles. The molecule has 6 aromatic rings. The quantitative estimate of drug-likeness (QED) is 0.165. The minimum absolute atomic E-state index is 0.0200. The van der Waals surface area contributed by atoms with Crippen molar-refractivity contribution in [2.24, 2.45) is 0 Å². The lowest BCUT2D eigenvalue weighted by Crippen LogP contribution is -2.64. The highest BCUT2D eigenvalue weighted by Crippen LogP contribution is 2.54. The highest BCUT2D eigenvalue weighted by atomic mass is 32.2. The number of nitrogens with zero attached hydrogens (tertiary/aromatic N) is 3. The Kier molecular flexibility index (Phi) is 8.56. The van der Waals surface area contributed by atoms with Crippen molar-refractivity contribution in [2.75, 3.05) is 14.7 Å². The van der Waals surface area contributed by atoms with Crippen molar-refractivity contribution in [1.29, 1.82) is 0 Å². The molecule has 0 N–H and O–H groups in total. The van der Waals surface area contributed by atoms with Gasteiger partial charge in [-0.05, 0) is 160 Å². The zero-order chi connectivity index (χ0) is 42.4. The van der Waals surface area contributed by atoms with Gasteiger partial charge in [0.1, 0.15) is 0 Å². The van der Waals surface area contributed by atoms with Crippen LogP contribution < -0.4 is 31.1 Å². The fraction of sp³-hybridized carbons (Fsp3) is 0.345. The van der Waals surface area contributed by atoms with E-state index in [0.717, 1.165) is 6.42 Å². The van der Waals surface area contributed by atoms with Gasteiger partial charge in [-0.3, -0.25) is 0 Å². The van der Waals surface area contributed by atoms with Gasteiger partial charge in [-0.25, -0.2) is 0 Å². The Morgan fingerprint density at radius 3 is 1.60 bits per heavy atom. The molecule has 6 aromatic carbocycles. The molecule has 0 radical (unpaired) electrons. The van der Waals surface area contributed by atoms with Gasteiger partial charge >= 0.3 is 0 Å². The predicted octanol–water partition coefficient (Wildman–Crippen LogP) is 13.9. The van der Waals surface area contributed by atoms with Crippen LogP contribution >= 0.6 is 11.8 Å². The molecule has 4 heterocycles. The van der Waals surface area contributed by atoms with Crippen LogP contribution in [0.25, 0.3) is 0 Å². The molecule has 1 unspecified atom stereocenters. The number of anilines is 8. The second kappa shape index (κ2) is 13.1. The van der Waals surface area contributed by atoms with Crippen molar-refractivity contribution in [1.82, 2.24) is 0 Å². The number of benzene rings is 6. The molecule has 304 valence electrons. The van der Waals surface area contributed by atoms with E-state index in [2.05, 4.69) is 214 Å². The maximum atomic E-state index is 2.64. The molecular formula is C55H60BN3S. The first kappa shape index (κ1) is 39.3. The summed E-state index contributed by atoms with van der Waals surface area (Å²) in [5, 5.41) is 0. The molecule has 0 saturated carbocycles. The summed E-state index contributed by atoms with van der Waals surface area (Å²) in [5.41, 5.74) is 21.4. The fourth-order valence-corrected chi connectivity index (χ4v) is 12.9. The molecule has 0 spiro atoms. The van der Waals surface area contributed by atoms with E-state index in [4.69, 9.17) is 0 Å². The van der Waals surface area contributed by atoms with Gasteiger partial charge in [-0.15, -0.1) is 0 Å². The number of hydrogen-bond donors (Lipinski definition) is 0. The second-order valence-corrected chi connectivity index (χ2v) is 22.8.